The SMILES string of the molecule is CN(C)S(=O)(=O)c1ccccc1CNC(=O)Cc1csc(-c2ccccn2)n1. The molecule has 3 aromatic rings. The van der Waals surface area contributed by atoms with Gasteiger partial charge in [-0.1, -0.05) is 24.3 Å². The Bertz CT molecular complexity index is 1060. The van der Waals surface area contributed by atoms with Crippen LogP contribution in [0.1, 0.15) is 11.3 Å². The summed E-state index contributed by atoms with van der Waals surface area (Å²) in [6, 6.07) is 12.2. The van der Waals surface area contributed by atoms with E-state index in [2.05, 4.69) is 15.3 Å². The summed E-state index contributed by atoms with van der Waals surface area (Å²) in [4.78, 5) is 21.2. The number of benzene rings is 1. The topological polar surface area (TPSA) is 92.3 Å². The van der Waals surface area contributed by atoms with Crippen LogP contribution < -0.4 is 5.32 Å². The minimum Gasteiger partial charge on any atom is -0.352 e. The molecule has 0 saturated carbocycles. The molecule has 0 radical (unpaired) electrons. The Morgan fingerprint density at radius 3 is 2.61 bits per heavy atom. The third-order valence-electron chi connectivity index (χ3n) is 3.98. The second kappa shape index (κ2) is 8.59. The summed E-state index contributed by atoms with van der Waals surface area (Å²) in [5, 5.41) is 5.36. The van der Waals surface area contributed by atoms with Crippen LogP contribution in [0.3, 0.4) is 0 Å². The summed E-state index contributed by atoms with van der Waals surface area (Å²) >= 11 is 1.43. The Labute approximate surface area is 168 Å². The highest BCUT2D eigenvalue weighted by Crippen LogP contribution is 2.22. The molecular formula is C19H20N4O3S2. The number of rotatable bonds is 7. The van der Waals surface area contributed by atoms with Crippen molar-refractivity contribution in [1.82, 2.24) is 19.6 Å². The molecule has 146 valence electrons. The third kappa shape index (κ3) is 4.61. The monoisotopic (exact) mass is 416 g/mol. The molecule has 0 bridgehead atoms. The number of hydrogen-bond acceptors (Lipinski definition) is 6. The molecule has 0 saturated heterocycles. The van der Waals surface area contributed by atoms with Crippen molar-refractivity contribution < 1.29 is 13.2 Å². The van der Waals surface area contributed by atoms with Crippen LogP contribution in [-0.2, 0) is 27.8 Å². The van der Waals surface area contributed by atoms with Gasteiger partial charge < -0.3 is 5.32 Å². The molecule has 0 aliphatic carbocycles. The zero-order valence-corrected chi connectivity index (χ0v) is 17.1. The summed E-state index contributed by atoms with van der Waals surface area (Å²) in [7, 11) is -0.621. The standard InChI is InChI=1S/C19H20N4O3S2/c1-23(2)28(25,26)17-9-4-3-7-14(17)12-21-18(24)11-15-13-27-19(22-15)16-8-5-6-10-20-16/h3-10,13H,11-12H2,1-2H3,(H,21,24). The molecule has 1 amide bonds. The van der Waals surface area contributed by atoms with Crippen molar-refractivity contribution in [3.8, 4) is 10.7 Å². The number of nitrogens with zero attached hydrogens (tertiary/aromatic N) is 3. The van der Waals surface area contributed by atoms with Gasteiger partial charge in [0.05, 0.1) is 22.7 Å². The highest BCUT2D eigenvalue weighted by molar-refractivity contribution is 7.89. The van der Waals surface area contributed by atoms with Crippen LogP contribution in [0, 0.1) is 0 Å². The quantitative estimate of drug-likeness (QED) is 0.638. The summed E-state index contributed by atoms with van der Waals surface area (Å²) in [5.41, 5.74) is 1.95. The molecule has 3 rings (SSSR count). The molecule has 0 unspecified atom stereocenters. The normalized spacial score (nSPS) is 11.5. The number of carbonyl (C=O) groups excluding carboxylic acids is 1. The van der Waals surface area contributed by atoms with E-state index in [1.807, 2.05) is 23.6 Å². The predicted molar refractivity (Wildman–Crippen MR) is 108 cm³/mol. The largest absolute Gasteiger partial charge is 0.352 e. The first-order valence-corrected chi connectivity index (χ1v) is 10.8. The van der Waals surface area contributed by atoms with Crippen LogP contribution in [0.25, 0.3) is 10.7 Å². The molecule has 0 aliphatic rings. The van der Waals surface area contributed by atoms with Gasteiger partial charge in [-0.05, 0) is 23.8 Å². The van der Waals surface area contributed by atoms with Crippen molar-refractivity contribution in [3.63, 3.8) is 0 Å². The van der Waals surface area contributed by atoms with Gasteiger partial charge in [-0.3, -0.25) is 9.78 Å². The summed E-state index contributed by atoms with van der Waals surface area (Å²) < 4.78 is 26.0. The number of aromatic nitrogens is 2. The van der Waals surface area contributed by atoms with Crippen LogP contribution in [0.4, 0.5) is 0 Å². The van der Waals surface area contributed by atoms with E-state index < -0.39 is 10.0 Å². The number of hydrogen-bond donors (Lipinski definition) is 1. The van der Waals surface area contributed by atoms with E-state index in [9.17, 15) is 13.2 Å². The fourth-order valence-electron chi connectivity index (χ4n) is 2.51. The third-order valence-corrected chi connectivity index (χ3v) is 6.81. The molecule has 0 spiro atoms. The van der Waals surface area contributed by atoms with Gasteiger partial charge in [-0.15, -0.1) is 11.3 Å². The zero-order valence-electron chi connectivity index (χ0n) is 15.5. The van der Waals surface area contributed by atoms with E-state index in [4.69, 9.17) is 0 Å². The number of nitrogens with one attached hydrogen (secondary N) is 1. The highest BCUT2D eigenvalue weighted by atomic mass is 32.2. The van der Waals surface area contributed by atoms with Gasteiger partial charge in [0, 0.05) is 32.2 Å². The van der Waals surface area contributed by atoms with Gasteiger partial charge in [-0.25, -0.2) is 17.7 Å². The molecule has 2 heterocycles. The lowest BCUT2D eigenvalue weighted by molar-refractivity contribution is -0.120. The van der Waals surface area contributed by atoms with Gasteiger partial charge in [0.15, 0.2) is 0 Å². The van der Waals surface area contributed by atoms with Crippen LogP contribution in [0.5, 0.6) is 0 Å². The average molecular weight is 417 g/mol. The first-order valence-electron chi connectivity index (χ1n) is 8.51. The van der Waals surface area contributed by atoms with Gasteiger partial charge >= 0.3 is 0 Å². The molecule has 7 nitrogen and oxygen atoms in total. The maximum atomic E-state index is 12.4. The molecule has 0 aliphatic heterocycles. The van der Waals surface area contributed by atoms with Crippen molar-refractivity contribution in [2.75, 3.05) is 14.1 Å². The average Bonchev–Trinajstić information content (AvgIpc) is 3.15. The van der Waals surface area contributed by atoms with E-state index in [-0.39, 0.29) is 23.8 Å². The van der Waals surface area contributed by atoms with Crippen molar-refractivity contribution in [3.05, 3.63) is 65.3 Å². The number of amides is 1. The fourth-order valence-corrected chi connectivity index (χ4v) is 4.42. The maximum Gasteiger partial charge on any atom is 0.242 e. The van der Waals surface area contributed by atoms with Gasteiger partial charge in [0.2, 0.25) is 15.9 Å². The predicted octanol–water partition coefficient (Wildman–Crippen LogP) is 2.31. The lowest BCUT2D eigenvalue weighted by Crippen LogP contribution is -2.28. The summed E-state index contributed by atoms with van der Waals surface area (Å²) in [5.74, 6) is -0.227. The molecule has 0 fully saturated rings. The minimum atomic E-state index is -3.58. The van der Waals surface area contributed by atoms with Gasteiger partial charge in [0.25, 0.3) is 0 Å². The second-order valence-corrected chi connectivity index (χ2v) is 9.19. The fraction of sp³-hybridized carbons (Fsp3) is 0.211. The summed E-state index contributed by atoms with van der Waals surface area (Å²) in [6.45, 7) is 0.124. The molecule has 9 heteroatoms. The van der Waals surface area contributed by atoms with E-state index in [0.717, 1.165) is 15.0 Å². The lowest BCUT2D eigenvalue weighted by Gasteiger charge is -2.15. The van der Waals surface area contributed by atoms with Crippen molar-refractivity contribution >= 4 is 27.3 Å². The first-order chi connectivity index (χ1) is 13.4. The van der Waals surface area contributed by atoms with Crippen LogP contribution in [0.15, 0.2) is 58.9 Å². The maximum absolute atomic E-state index is 12.4. The Balaban J connectivity index is 1.65. The Hall–Kier alpha value is -2.62. The lowest BCUT2D eigenvalue weighted by atomic mass is 10.2. The molecular weight excluding hydrogens is 396 g/mol. The van der Waals surface area contributed by atoms with E-state index in [1.165, 1.54) is 31.5 Å². The molecule has 28 heavy (non-hydrogen) atoms. The molecule has 1 N–H and O–H groups in total. The van der Waals surface area contributed by atoms with E-state index in [1.54, 1.807) is 24.4 Å². The van der Waals surface area contributed by atoms with Crippen LogP contribution >= 0.6 is 11.3 Å². The Kier molecular flexibility index (Phi) is 6.18. The number of pyridine rings is 1. The van der Waals surface area contributed by atoms with Crippen molar-refractivity contribution in [2.45, 2.75) is 17.9 Å². The highest BCUT2D eigenvalue weighted by Gasteiger charge is 2.21. The van der Waals surface area contributed by atoms with Crippen LogP contribution in [-0.4, -0.2) is 42.7 Å². The Morgan fingerprint density at radius 2 is 1.89 bits per heavy atom. The zero-order chi connectivity index (χ0) is 20.1. The smallest absolute Gasteiger partial charge is 0.242 e. The summed E-state index contributed by atoms with van der Waals surface area (Å²) in [6.07, 6.45) is 1.81. The minimum absolute atomic E-state index is 0.117. The van der Waals surface area contributed by atoms with Crippen molar-refractivity contribution in [2.24, 2.45) is 0 Å². The van der Waals surface area contributed by atoms with Gasteiger partial charge in [-0.2, -0.15) is 0 Å². The Morgan fingerprint density at radius 1 is 1.14 bits per heavy atom. The second-order valence-electron chi connectivity index (χ2n) is 6.21. The molecule has 2 aromatic heterocycles. The van der Waals surface area contributed by atoms with E-state index >= 15 is 0 Å². The number of sulfonamides is 1. The molecule has 1 aromatic carbocycles. The van der Waals surface area contributed by atoms with E-state index in [0.29, 0.717) is 11.3 Å². The van der Waals surface area contributed by atoms with Crippen LogP contribution in [0.2, 0.25) is 0 Å². The number of carbonyl (C=O) groups is 1. The van der Waals surface area contributed by atoms with Crippen molar-refractivity contribution in [1.29, 1.82) is 0 Å². The molecule has 0 atom stereocenters. The first kappa shape index (κ1) is 20.1. The van der Waals surface area contributed by atoms with Gasteiger partial charge in [0.1, 0.15) is 5.01 Å². The number of thiazole rings is 1.